The van der Waals surface area contributed by atoms with Crippen LogP contribution in [0.3, 0.4) is 0 Å². The van der Waals surface area contributed by atoms with Gasteiger partial charge < -0.3 is 10.2 Å². The zero-order chi connectivity index (χ0) is 12.0. The monoisotopic (exact) mass is 248 g/mol. The van der Waals surface area contributed by atoms with E-state index >= 15 is 0 Å². The standard InChI is InChI=1S/C14H13ClO2/c15-10-2-3-11-9(7-10)1-4-13(16)12(11)8-14(17)5-6-14/h1-4,7,16-17H,5-6,8H2. The third-order valence-corrected chi connectivity index (χ3v) is 3.64. The molecule has 0 aromatic heterocycles. The number of hydrogen-bond donors (Lipinski definition) is 2. The molecule has 0 bridgehead atoms. The quantitative estimate of drug-likeness (QED) is 0.856. The number of phenols is 1. The second-order valence-electron chi connectivity index (χ2n) is 4.83. The Morgan fingerprint density at radius 3 is 2.65 bits per heavy atom. The van der Waals surface area contributed by atoms with Crippen molar-refractivity contribution in [1.29, 1.82) is 0 Å². The highest BCUT2D eigenvalue weighted by atomic mass is 35.5. The van der Waals surface area contributed by atoms with Gasteiger partial charge in [-0.1, -0.05) is 23.7 Å². The summed E-state index contributed by atoms with van der Waals surface area (Å²) >= 11 is 5.94. The van der Waals surface area contributed by atoms with E-state index in [0.29, 0.717) is 11.4 Å². The number of halogens is 1. The maximum atomic E-state index is 9.98. The lowest BCUT2D eigenvalue weighted by atomic mass is 9.98. The summed E-state index contributed by atoms with van der Waals surface area (Å²) in [6.45, 7) is 0. The maximum absolute atomic E-state index is 9.98. The lowest BCUT2D eigenvalue weighted by molar-refractivity contribution is 0.150. The van der Waals surface area contributed by atoms with Crippen LogP contribution in [-0.4, -0.2) is 15.8 Å². The smallest absolute Gasteiger partial charge is 0.119 e. The molecule has 1 aliphatic carbocycles. The molecule has 0 atom stereocenters. The highest BCUT2D eigenvalue weighted by Crippen LogP contribution is 2.42. The molecule has 2 N–H and O–H groups in total. The van der Waals surface area contributed by atoms with Crippen molar-refractivity contribution in [3.05, 3.63) is 40.9 Å². The zero-order valence-corrected chi connectivity index (χ0v) is 10.0. The van der Waals surface area contributed by atoms with Gasteiger partial charge in [-0.2, -0.15) is 0 Å². The average Bonchev–Trinajstić information content (AvgIpc) is 3.01. The Morgan fingerprint density at radius 1 is 1.18 bits per heavy atom. The molecule has 0 amide bonds. The van der Waals surface area contributed by atoms with Crippen LogP contribution in [0.15, 0.2) is 30.3 Å². The molecule has 17 heavy (non-hydrogen) atoms. The fraction of sp³-hybridized carbons (Fsp3) is 0.286. The van der Waals surface area contributed by atoms with Crippen LogP contribution in [-0.2, 0) is 6.42 Å². The first kappa shape index (κ1) is 10.9. The van der Waals surface area contributed by atoms with E-state index in [-0.39, 0.29) is 5.75 Å². The molecule has 0 unspecified atom stereocenters. The summed E-state index contributed by atoms with van der Waals surface area (Å²) in [5.41, 5.74) is 0.213. The van der Waals surface area contributed by atoms with Gasteiger partial charge in [-0.25, -0.2) is 0 Å². The van der Waals surface area contributed by atoms with Crippen molar-refractivity contribution in [2.24, 2.45) is 0 Å². The molecule has 3 heteroatoms. The summed E-state index contributed by atoms with van der Waals surface area (Å²) in [5.74, 6) is 0.250. The van der Waals surface area contributed by atoms with Gasteiger partial charge in [0, 0.05) is 17.0 Å². The van der Waals surface area contributed by atoms with E-state index in [4.69, 9.17) is 11.6 Å². The Kier molecular flexibility index (Phi) is 2.32. The first-order valence-corrected chi connectivity index (χ1v) is 6.08. The highest BCUT2D eigenvalue weighted by molar-refractivity contribution is 6.31. The van der Waals surface area contributed by atoms with E-state index in [1.165, 1.54) is 0 Å². The van der Waals surface area contributed by atoms with Crippen LogP contribution >= 0.6 is 11.6 Å². The van der Waals surface area contributed by atoms with Crippen molar-refractivity contribution in [2.75, 3.05) is 0 Å². The summed E-state index contributed by atoms with van der Waals surface area (Å²) in [7, 11) is 0. The van der Waals surface area contributed by atoms with Crippen molar-refractivity contribution >= 4 is 22.4 Å². The van der Waals surface area contributed by atoms with Gasteiger partial charge in [-0.05, 0) is 41.8 Å². The second-order valence-corrected chi connectivity index (χ2v) is 5.27. The molecule has 3 rings (SSSR count). The molecular formula is C14H13ClO2. The molecule has 1 saturated carbocycles. The second kappa shape index (κ2) is 3.62. The van der Waals surface area contributed by atoms with Crippen LogP contribution in [0.5, 0.6) is 5.75 Å². The minimum absolute atomic E-state index is 0.250. The lowest BCUT2D eigenvalue weighted by Gasteiger charge is -2.12. The molecular weight excluding hydrogens is 236 g/mol. The van der Waals surface area contributed by atoms with Crippen molar-refractivity contribution in [1.82, 2.24) is 0 Å². The van der Waals surface area contributed by atoms with Gasteiger partial charge >= 0.3 is 0 Å². The van der Waals surface area contributed by atoms with E-state index in [9.17, 15) is 10.2 Å². The van der Waals surface area contributed by atoms with Gasteiger partial charge in [-0.3, -0.25) is 0 Å². The Balaban J connectivity index is 2.17. The van der Waals surface area contributed by atoms with Crippen LogP contribution < -0.4 is 0 Å². The fourth-order valence-corrected chi connectivity index (χ4v) is 2.37. The maximum Gasteiger partial charge on any atom is 0.119 e. The summed E-state index contributed by atoms with van der Waals surface area (Å²) in [6, 6.07) is 9.09. The van der Waals surface area contributed by atoms with E-state index in [1.54, 1.807) is 6.07 Å². The van der Waals surface area contributed by atoms with Crippen LogP contribution in [0.25, 0.3) is 10.8 Å². The number of fused-ring (bicyclic) bond motifs is 1. The number of phenolic OH excluding ortho intramolecular Hbond substituents is 1. The molecule has 2 aromatic rings. The molecule has 2 nitrogen and oxygen atoms in total. The summed E-state index contributed by atoms with van der Waals surface area (Å²) in [4.78, 5) is 0. The van der Waals surface area contributed by atoms with Crippen LogP contribution in [0.1, 0.15) is 18.4 Å². The Hall–Kier alpha value is -1.25. The SMILES string of the molecule is Oc1ccc2cc(Cl)ccc2c1CC1(O)CC1. The van der Waals surface area contributed by atoms with Gasteiger partial charge in [0.25, 0.3) is 0 Å². The molecule has 88 valence electrons. The van der Waals surface area contributed by atoms with E-state index < -0.39 is 5.60 Å². The normalized spacial score (nSPS) is 17.3. The van der Waals surface area contributed by atoms with Gasteiger partial charge in [0.2, 0.25) is 0 Å². The number of hydrogen-bond acceptors (Lipinski definition) is 2. The number of rotatable bonds is 2. The van der Waals surface area contributed by atoms with E-state index in [1.807, 2.05) is 24.3 Å². The molecule has 1 aliphatic rings. The Morgan fingerprint density at radius 2 is 1.94 bits per heavy atom. The Labute approximate surface area is 104 Å². The predicted molar refractivity (Wildman–Crippen MR) is 68.5 cm³/mol. The highest BCUT2D eigenvalue weighted by Gasteiger charge is 2.41. The molecule has 0 saturated heterocycles. The van der Waals surface area contributed by atoms with Crippen molar-refractivity contribution in [2.45, 2.75) is 24.9 Å². The molecule has 0 spiro atoms. The van der Waals surface area contributed by atoms with Gasteiger partial charge in [-0.15, -0.1) is 0 Å². The topological polar surface area (TPSA) is 40.5 Å². The molecule has 2 aromatic carbocycles. The van der Waals surface area contributed by atoms with Crippen molar-refractivity contribution in [3.8, 4) is 5.75 Å². The summed E-state index contributed by atoms with van der Waals surface area (Å²) in [5, 5.41) is 22.6. The zero-order valence-electron chi connectivity index (χ0n) is 9.28. The number of benzene rings is 2. The summed E-state index contributed by atoms with van der Waals surface area (Å²) < 4.78 is 0. The van der Waals surface area contributed by atoms with Crippen LogP contribution in [0.4, 0.5) is 0 Å². The van der Waals surface area contributed by atoms with Crippen LogP contribution in [0, 0.1) is 0 Å². The third-order valence-electron chi connectivity index (χ3n) is 3.40. The van der Waals surface area contributed by atoms with Gasteiger partial charge in [0.05, 0.1) is 5.60 Å². The first-order valence-electron chi connectivity index (χ1n) is 5.70. The minimum atomic E-state index is -0.606. The first-order chi connectivity index (χ1) is 8.07. The average molecular weight is 249 g/mol. The fourth-order valence-electron chi connectivity index (χ4n) is 2.19. The molecule has 0 heterocycles. The largest absolute Gasteiger partial charge is 0.508 e. The van der Waals surface area contributed by atoms with Crippen molar-refractivity contribution in [3.63, 3.8) is 0 Å². The molecule has 0 aliphatic heterocycles. The minimum Gasteiger partial charge on any atom is -0.508 e. The number of aliphatic hydroxyl groups is 1. The van der Waals surface area contributed by atoms with Crippen LogP contribution in [0.2, 0.25) is 5.02 Å². The predicted octanol–water partition coefficient (Wildman–Crippen LogP) is 3.27. The van der Waals surface area contributed by atoms with Gasteiger partial charge in [0.1, 0.15) is 5.75 Å². The van der Waals surface area contributed by atoms with Gasteiger partial charge in [0.15, 0.2) is 0 Å². The summed E-state index contributed by atoms with van der Waals surface area (Å²) in [6.07, 6.45) is 2.14. The van der Waals surface area contributed by atoms with E-state index in [2.05, 4.69) is 0 Å². The number of aromatic hydroxyl groups is 1. The van der Waals surface area contributed by atoms with E-state index in [0.717, 1.165) is 29.2 Å². The Bertz CT molecular complexity index is 588. The third kappa shape index (κ3) is 1.99. The molecule has 1 fully saturated rings. The lowest BCUT2D eigenvalue weighted by Crippen LogP contribution is -2.11. The molecule has 0 radical (unpaired) electrons. The van der Waals surface area contributed by atoms with Crippen molar-refractivity contribution < 1.29 is 10.2 Å².